The zero-order valence-corrected chi connectivity index (χ0v) is 10.5. The second kappa shape index (κ2) is 5.43. The fourth-order valence-electron chi connectivity index (χ4n) is 1.97. The second-order valence-corrected chi connectivity index (χ2v) is 4.37. The lowest BCUT2D eigenvalue weighted by atomic mass is 10.2. The lowest BCUT2D eigenvalue weighted by Crippen LogP contribution is -2.34. The second-order valence-electron chi connectivity index (χ2n) is 4.37. The first kappa shape index (κ1) is 12.2. The van der Waals surface area contributed by atoms with Gasteiger partial charge in [-0.1, -0.05) is 53.6 Å². The van der Waals surface area contributed by atoms with E-state index in [4.69, 9.17) is 9.57 Å². The minimum absolute atomic E-state index is 0.0598. The van der Waals surface area contributed by atoms with Gasteiger partial charge in [-0.05, 0) is 19.1 Å². The number of hydrogen-bond acceptors (Lipinski definition) is 3. The smallest absolute Gasteiger partial charge is 0.230 e. The maximum Gasteiger partial charge on any atom is 0.230 e. The monoisotopic (exact) mass is 253 g/mol. The molecule has 1 aliphatic rings. The summed E-state index contributed by atoms with van der Waals surface area (Å²) >= 11 is 0. The minimum Gasteiger partial charge on any atom is -0.402 e. The van der Waals surface area contributed by atoms with E-state index >= 15 is 0 Å². The summed E-state index contributed by atoms with van der Waals surface area (Å²) in [5.41, 5.74) is 0.990. The van der Waals surface area contributed by atoms with Gasteiger partial charge in [-0.25, -0.2) is 0 Å². The van der Waals surface area contributed by atoms with E-state index in [9.17, 15) is 0 Å². The van der Waals surface area contributed by atoms with E-state index in [0.717, 1.165) is 11.3 Å². The van der Waals surface area contributed by atoms with Crippen LogP contribution in [-0.4, -0.2) is 17.7 Å². The molecule has 2 aromatic carbocycles. The van der Waals surface area contributed by atoms with Gasteiger partial charge in [-0.2, -0.15) is 0 Å². The van der Waals surface area contributed by atoms with E-state index in [1.54, 1.807) is 5.06 Å². The van der Waals surface area contributed by atoms with Crippen molar-refractivity contribution in [2.45, 2.75) is 6.04 Å². The first-order valence-corrected chi connectivity index (χ1v) is 6.25. The Labute approximate surface area is 113 Å². The van der Waals surface area contributed by atoms with Gasteiger partial charge in [-0.3, -0.25) is 0 Å². The number of rotatable bonds is 3. The molecule has 0 spiro atoms. The maximum atomic E-state index is 5.86. The lowest BCUT2D eigenvalue weighted by Gasteiger charge is -2.24. The topological polar surface area (TPSA) is 21.7 Å². The van der Waals surface area contributed by atoms with Crippen LogP contribution in [0.5, 0.6) is 5.75 Å². The standard InChI is InChI=1S/C16H15NO2/c1-13-12-18-16(14-8-4-2-5-9-14)17(13)19-15-10-6-3-7-11-15/h2-11,13H,1,12H2/t13-/m0/s1. The third-order valence-corrected chi connectivity index (χ3v) is 2.91. The van der Waals surface area contributed by atoms with Gasteiger partial charge < -0.3 is 9.57 Å². The fourth-order valence-corrected chi connectivity index (χ4v) is 1.97. The molecule has 0 saturated carbocycles. The highest BCUT2D eigenvalue weighted by Crippen LogP contribution is 2.30. The number of hydroxylamine groups is 2. The normalized spacial score (nSPS) is 20.6. The van der Waals surface area contributed by atoms with Crippen LogP contribution >= 0.6 is 0 Å². The summed E-state index contributed by atoms with van der Waals surface area (Å²) in [5, 5.41) is 1.73. The van der Waals surface area contributed by atoms with Crippen molar-refractivity contribution in [3.05, 3.63) is 79.4 Å². The summed E-state index contributed by atoms with van der Waals surface area (Å²) in [7, 11) is 0. The Hall–Kier alpha value is -1.84. The van der Waals surface area contributed by atoms with Crippen LogP contribution < -0.4 is 4.84 Å². The minimum atomic E-state index is -0.0598. The Kier molecular flexibility index (Phi) is 3.49. The van der Waals surface area contributed by atoms with Crippen molar-refractivity contribution in [1.82, 2.24) is 5.06 Å². The van der Waals surface area contributed by atoms with Crippen molar-refractivity contribution in [2.24, 2.45) is 0 Å². The predicted molar refractivity (Wildman–Crippen MR) is 72.8 cm³/mol. The van der Waals surface area contributed by atoms with Gasteiger partial charge >= 0.3 is 0 Å². The van der Waals surface area contributed by atoms with Crippen LogP contribution in [-0.2, 0) is 4.74 Å². The van der Waals surface area contributed by atoms with Crippen LogP contribution in [0.3, 0.4) is 0 Å². The van der Waals surface area contributed by atoms with Gasteiger partial charge in [-0.15, -0.1) is 0 Å². The third kappa shape index (κ3) is 2.62. The van der Waals surface area contributed by atoms with E-state index in [1.165, 1.54) is 0 Å². The molecule has 3 rings (SSSR count). The van der Waals surface area contributed by atoms with Crippen molar-refractivity contribution in [3.8, 4) is 5.75 Å². The van der Waals surface area contributed by atoms with Crippen molar-refractivity contribution < 1.29 is 9.57 Å². The molecular formula is C16H15NO2. The Morgan fingerprint density at radius 2 is 1.63 bits per heavy atom. The molecule has 19 heavy (non-hydrogen) atoms. The highest BCUT2D eigenvalue weighted by Gasteiger charge is 2.36. The molecule has 96 valence electrons. The summed E-state index contributed by atoms with van der Waals surface area (Å²) in [6.45, 7) is 4.57. The SMILES string of the molecule is [CH2][C@H]1CO[C](c2ccccc2)N1Oc1ccccc1. The van der Waals surface area contributed by atoms with Crippen LogP contribution in [0.1, 0.15) is 5.56 Å². The summed E-state index contributed by atoms with van der Waals surface area (Å²) < 4.78 is 5.69. The first-order valence-electron chi connectivity index (χ1n) is 6.25. The van der Waals surface area contributed by atoms with Gasteiger partial charge in [0.05, 0.1) is 12.6 Å². The zero-order valence-electron chi connectivity index (χ0n) is 10.5. The van der Waals surface area contributed by atoms with Crippen molar-refractivity contribution in [1.29, 1.82) is 0 Å². The van der Waals surface area contributed by atoms with E-state index < -0.39 is 0 Å². The molecule has 3 nitrogen and oxygen atoms in total. The number of para-hydroxylation sites is 1. The van der Waals surface area contributed by atoms with Gasteiger partial charge in [0.2, 0.25) is 6.23 Å². The molecule has 0 amide bonds. The molecule has 1 saturated heterocycles. The van der Waals surface area contributed by atoms with E-state index in [-0.39, 0.29) is 6.04 Å². The molecule has 0 unspecified atom stereocenters. The van der Waals surface area contributed by atoms with E-state index in [0.29, 0.717) is 12.8 Å². The van der Waals surface area contributed by atoms with Gasteiger partial charge in [0.1, 0.15) is 5.75 Å². The van der Waals surface area contributed by atoms with Gasteiger partial charge in [0.15, 0.2) is 0 Å². The molecule has 3 heteroatoms. The van der Waals surface area contributed by atoms with E-state index in [2.05, 4.69) is 6.92 Å². The molecule has 0 aromatic heterocycles. The fraction of sp³-hybridized carbons (Fsp3) is 0.125. The van der Waals surface area contributed by atoms with Crippen LogP contribution in [0, 0.1) is 13.2 Å². The quantitative estimate of drug-likeness (QED) is 0.839. The number of nitrogens with zero attached hydrogens (tertiary/aromatic N) is 1. The molecule has 2 aromatic rings. The van der Waals surface area contributed by atoms with Crippen LogP contribution in [0.15, 0.2) is 60.7 Å². The number of ether oxygens (including phenoxy) is 1. The average Bonchev–Trinajstić information content (AvgIpc) is 2.82. The Morgan fingerprint density at radius 1 is 1.00 bits per heavy atom. The van der Waals surface area contributed by atoms with Crippen LogP contribution in [0.25, 0.3) is 0 Å². The molecule has 0 N–H and O–H groups in total. The molecule has 0 bridgehead atoms. The Morgan fingerprint density at radius 3 is 2.32 bits per heavy atom. The summed E-state index contributed by atoms with van der Waals surface area (Å²) in [6.07, 6.45) is 0.712. The molecule has 1 fully saturated rings. The summed E-state index contributed by atoms with van der Waals surface area (Å²) in [6, 6.07) is 19.5. The Balaban J connectivity index is 1.81. The molecular weight excluding hydrogens is 238 g/mol. The highest BCUT2D eigenvalue weighted by molar-refractivity contribution is 5.28. The predicted octanol–water partition coefficient (Wildman–Crippen LogP) is 3.05. The average molecular weight is 253 g/mol. The van der Waals surface area contributed by atoms with Gasteiger partial charge in [0.25, 0.3) is 0 Å². The number of benzene rings is 2. The molecule has 2 radical (unpaired) electrons. The number of hydrogen-bond donors (Lipinski definition) is 0. The van der Waals surface area contributed by atoms with Crippen molar-refractivity contribution >= 4 is 0 Å². The molecule has 0 aliphatic carbocycles. The van der Waals surface area contributed by atoms with E-state index in [1.807, 2.05) is 60.7 Å². The van der Waals surface area contributed by atoms with Crippen LogP contribution in [0.2, 0.25) is 0 Å². The van der Waals surface area contributed by atoms with Crippen molar-refractivity contribution in [2.75, 3.05) is 6.61 Å². The van der Waals surface area contributed by atoms with Gasteiger partial charge in [0, 0.05) is 5.56 Å². The molecule has 1 heterocycles. The van der Waals surface area contributed by atoms with Crippen LogP contribution in [0.4, 0.5) is 0 Å². The summed E-state index contributed by atoms with van der Waals surface area (Å²) in [4.78, 5) is 5.86. The Bertz CT molecular complexity index is 515. The lowest BCUT2D eigenvalue weighted by molar-refractivity contribution is -0.0672. The molecule has 1 aliphatic heterocycles. The third-order valence-electron chi connectivity index (χ3n) is 2.91. The maximum absolute atomic E-state index is 5.86. The zero-order chi connectivity index (χ0) is 13.1. The molecule has 1 atom stereocenters. The van der Waals surface area contributed by atoms with Crippen molar-refractivity contribution in [3.63, 3.8) is 0 Å². The first-order chi connectivity index (χ1) is 9.34. The largest absolute Gasteiger partial charge is 0.402 e. The highest BCUT2D eigenvalue weighted by atomic mass is 16.7. The summed E-state index contributed by atoms with van der Waals surface area (Å²) in [5.74, 6) is 0.773.